The van der Waals surface area contributed by atoms with E-state index in [1.54, 1.807) is 18.5 Å². The highest BCUT2D eigenvalue weighted by atomic mass is 16.6. The molecule has 7 heteroatoms. The molecule has 0 unspecified atom stereocenters. The van der Waals surface area contributed by atoms with Gasteiger partial charge in [0.2, 0.25) is 5.91 Å². The van der Waals surface area contributed by atoms with Crippen LogP contribution in [0, 0.1) is 24.0 Å². The van der Waals surface area contributed by atoms with Crippen molar-refractivity contribution in [3.63, 3.8) is 0 Å². The molecule has 24 heavy (non-hydrogen) atoms. The molecule has 1 amide bonds. The second-order valence-corrected chi connectivity index (χ2v) is 5.70. The van der Waals surface area contributed by atoms with Crippen LogP contribution in [0.4, 0.5) is 11.4 Å². The van der Waals surface area contributed by atoms with E-state index in [0.717, 1.165) is 12.1 Å². The average molecular weight is 330 g/mol. The molecule has 0 atom stereocenters. The first-order valence-corrected chi connectivity index (χ1v) is 7.99. The third-order valence-corrected chi connectivity index (χ3v) is 3.95. The maximum Gasteiger partial charge on any atom is 0.312 e. The van der Waals surface area contributed by atoms with E-state index in [0.29, 0.717) is 30.8 Å². The number of amides is 1. The molecule has 1 N–H and O–H groups in total. The summed E-state index contributed by atoms with van der Waals surface area (Å²) in [5.74, 6) is -0.0738. The lowest BCUT2D eigenvalue weighted by atomic mass is 10.1. The van der Waals surface area contributed by atoms with Gasteiger partial charge in [-0.1, -0.05) is 19.1 Å². The first kappa shape index (κ1) is 17.7. The molecule has 2 aromatic rings. The zero-order valence-electron chi connectivity index (χ0n) is 14.2. The minimum Gasteiger partial charge on any atom is -0.326 e. The van der Waals surface area contributed by atoms with E-state index in [2.05, 4.69) is 17.3 Å². The molecule has 0 bridgehead atoms. The summed E-state index contributed by atoms with van der Waals surface area (Å²) in [4.78, 5) is 22.5. The largest absolute Gasteiger partial charge is 0.326 e. The van der Waals surface area contributed by atoms with Gasteiger partial charge < -0.3 is 5.32 Å². The van der Waals surface area contributed by atoms with Gasteiger partial charge in [0.15, 0.2) is 0 Å². The summed E-state index contributed by atoms with van der Waals surface area (Å²) in [6.07, 6.45) is 1.86. The van der Waals surface area contributed by atoms with Crippen molar-refractivity contribution in [2.45, 2.75) is 46.6 Å². The number of nitrogens with one attached hydrogen (secondary N) is 1. The average Bonchev–Trinajstić information content (AvgIpc) is 2.82. The Hall–Kier alpha value is -2.70. The molecule has 1 heterocycles. The Kier molecular flexibility index (Phi) is 5.68. The fourth-order valence-electron chi connectivity index (χ4n) is 2.61. The van der Waals surface area contributed by atoms with Gasteiger partial charge >= 0.3 is 5.69 Å². The van der Waals surface area contributed by atoms with E-state index < -0.39 is 4.92 Å². The molecule has 0 fully saturated rings. The van der Waals surface area contributed by atoms with Gasteiger partial charge in [0.05, 0.1) is 4.92 Å². The summed E-state index contributed by atoms with van der Waals surface area (Å²) in [6, 6.07) is 7.76. The van der Waals surface area contributed by atoms with Crippen LogP contribution in [-0.4, -0.2) is 20.6 Å². The Morgan fingerprint density at radius 3 is 2.50 bits per heavy atom. The van der Waals surface area contributed by atoms with Crippen LogP contribution in [0.3, 0.4) is 0 Å². The van der Waals surface area contributed by atoms with Crippen molar-refractivity contribution in [1.29, 1.82) is 0 Å². The van der Waals surface area contributed by atoms with Gasteiger partial charge in [-0.15, -0.1) is 0 Å². The Bertz CT molecular complexity index is 735. The fraction of sp³-hybridized carbons (Fsp3) is 0.412. The van der Waals surface area contributed by atoms with Crippen LogP contribution >= 0.6 is 0 Å². The van der Waals surface area contributed by atoms with Crippen molar-refractivity contribution >= 4 is 17.3 Å². The van der Waals surface area contributed by atoms with Crippen molar-refractivity contribution in [2.75, 3.05) is 5.32 Å². The molecular weight excluding hydrogens is 308 g/mol. The highest BCUT2D eigenvalue weighted by Gasteiger charge is 2.21. The molecule has 0 aliphatic heterocycles. The molecule has 1 aromatic carbocycles. The molecule has 2 rings (SSSR count). The smallest absolute Gasteiger partial charge is 0.312 e. The summed E-state index contributed by atoms with van der Waals surface area (Å²) < 4.78 is 1.59. The maximum atomic E-state index is 12.0. The van der Waals surface area contributed by atoms with Crippen LogP contribution in [-0.2, 0) is 17.8 Å². The number of anilines is 1. The van der Waals surface area contributed by atoms with E-state index in [9.17, 15) is 14.9 Å². The van der Waals surface area contributed by atoms with E-state index in [-0.39, 0.29) is 11.6 Å². The fourth-order valence-corrected chi connectivity index (χ4v) is 2.61. The van der Waals surface area contributed by atoms with E-state index in [1.807, 2.05) is 24.3 Å². The second-order valence-electron chi connectivity index (χ2n) is 5.70. The van der Waals surface area contributed by atoms with Gasteiger partial charge in [-0.05, 0) is 44.4 Å². The third-order valence-electron chi connectivity index (χ3n) is 3.95. The lowest BCUT2D eigenvalue weighted by Crippen LogP contribution is -2.13. The highest BCUT2D eigenvalue weighted by Crippen LogP contribution is 2.22. The molecule has 0 aliphatic rings. The normalized spacial score (nSPS) is 10.6. The van der Waals surface area contributed by atoms with E-state index >= 15 is 0 Å². The molecule has 0 radical (unpaired) electrons. The molecule has 7 nitrogen and oxygen atoms in total. The highest BCUT2D eigenvalue weighted by molar-refractivity contribution is 5.90. The SMILES string of the molecule is CCc1ccc(NC(=O)CCCn2nc(C)c([N+](=O)[O-])c2C)cc1. The predicted molar refractivity (Wildman–Crippen MR) is 92.0 cm³/mol. The van der Waals surface area contributed by atoms with E-state index in [4.69, 9.17) is 0 Å². The Morgan fingerprint density at radius 1 is 1.29 bits per heavy atom. The zero-order valence-corrected chi connectivity index (χ0v) is 14.2. The number of aryl methyl sites for hydroxylation is 3. The molecule has 0 saturated heterocycles. The van der Waals surface area contributed by atoms with Crippen molar-refractivity contribution in [3.05, 3.63) is 51.3 Å². The van der Waals surface area contributed by atoms with Crippen molar-refractivity contribution < 1.29 is 9.72 Å². The van der Waals surface area contributed by atoms with Gasteiger partial charge in [-0.2, -0.15) is 5.10 Å². The van der Waals surface area contributed by atoms with Gasteiger partial charge in [0.25, 0.3) is 0 Å². The summed E-state index contributed by atoms with van der Waals surface area (Å²) in [6.45, 7) is 5.85. The van der Waals surface area contributed by atoms with Crippen LogP contribution in [0.15, 0.2) is 24.3 Å². The number of carbonyl (C=O) groups is 1. The monoisotopic (exact) mass is 330 g/mol. The number of carbonyl (C=O) groups excluding carboxylic acids is 1. The van der Waals surface area contributed by atoms with Crippen LogP contribution in [0.25, 0.3) is 0 Å². The summed E-state index contributed by atoms with van der Waals surface area (Å²) in [5.41, 5.74) is 2.97. The first-order chi connectivity index (χ1) is 11.4. The van der Waals surface area contributed by atoms with Gasteiger partial charge in [0.1, 0.15) is 11.4 Å². The van der Waals surface area contributed by atoms with Crippen LogP contribution in [0.2, 0.25) is 0 Å². The Balaban J connectivity index is 1.86. The maximum absolute atomic E-state index is 12.0. The number of aromatic nitrogens is 2. The van der Waals surface area contributed by atoms with Crippen molar-refractivity contribution in [1.82, 2.24) is 9.78 Å². The van der Waals surface area contributed by atoms with Crippen LogP contribution in [0.1, 0.15) is 36.7 Å². The first-order valence-electron chi connectivity index (χ1n) is 7.99. The van der Waals surface area contributed by atoms with E-state index in [1.165, 1.54) is 5.56 Å². The number of benzene rings is 1. The number of rotatable bonds is 7. The number of hydrogen-bond acceptors (Lipinski definition) is 4. The summed E-state index contributed by atoms with van der Waals surface area (Å²) in [7, 11) is 0. The van der Waals surface area contributed by atoms with Crippen molar-refractivity contribution in [3.8, 4) is 0 Å². The molecule has 128 valence electrons. The lowest BCUT2D eigenvalue weighted by Gasteiger charge is -2.07. The molecule has 0 saturated carbocycles. The number of hydrogen-bond donors (Lipinski definition) is 1. The predicted octanol–water partition coefficient (Wildman–Crippen LogP) is 3.39. The zero-order chi connectivity index (χ0) is 17.7. The Labute approximate surface area is 140 Å². The topological polar surface area (TPSA) is 90.1 Å². The molecule has 0 aliphatic carbocycles. The number of nitro groups is 1. The molecule has 0 spiro atoms. The molecule has 1 aromatic heterocycles. The quantitative estimate of drug-likeness (QED) is 0.622. The summed E-state index contributed by atoms with van der Waals surface area (Å²) in [5, 5.41) is 18.0. The van der Waals surface area contributed by atoms with Crippen LogP contribution in [0.5, 0.6) is 0 Å². The van der Waals surface area contributed by atoms with Gasteiger partial charge in [-0.3, -0.25) is 19.6 Å². The van der Waals surface area contributed by atoms with Gasteiger partial charge in [-0.25, -0.2) is 0 Å². The summed E-state index contributed by atoms with van der Waals surface area (Å²) >= 11 is 0. The van der Waals surface area contributed by atoms with Gasteiger partial charge in [0, 0.05) is 18.7 Å². The Morgan fingerprint density at radius 2 is 1.96 bits per heavy atom. The standard InChI is InChI=1S/C17H22N4O3/c1-4-14-7-9-15(10-8-14)18-16(22)6-5-11-20-13(3)17(21(23)24)12(2)19-20/h7-10H,4-6,11H2,1-3H3,(H,18,22). The van der Waals surface area contributed by atoms with Crippen LogP contribution < -0.4 is 5.32 Å². The minimum atomic E-state index is -0.416. The number of nitrogens with zero attached hydrogens (tertiary/aromatic N) is 3. The lowest BCUT2D eigenvalue weighted by molar-refractivity contribution is -0.386. The third kappa shape index (κ3) is 4.18. The minimum absolute atomic E-state index is 0.0514. The second kappa shape index (κ2) is 7.72. The molecular formula is C17H22N4O3. The van der Waals surface area contributed by atoms with Crippen molar-refractivity contribution in [2.24, 2.45) is 0 Å².